The van der Waals surface area contributed by atoms with E-state index in [1.54, 1.807) is 6.07 Å². The summed E-state index contributed by atoms with van der Waals surface area (Å²) in [6, 6.07) is 11.4. The van der Waals surface area contributed by atoms with E-state index in [-0.39, 0.29) is 12.5 Å². The molecule has 4 nitrogen and oxygen atoms in total. The van der Waals surface area contributed by atoms with Gasteiger partial charge < -0.3 is 15.0 Å². The average Bonchev–Trinajstić information content (AvgIpc) is 3.10. The maximum atomic E-state index is 12.1. The van der Waals surface area contributed by atoms with Gasteiger partial charge in [-0.2, -0.15) is 0 Å². The molecule has 3 rings (SSSR count). The van der Waals surface area contributed by atoms with Crippen molar-refractivity contribution < 1.29 is 9.53 Å². The van der Waals surface area contributed by atoms with Gasteiger partial charge in [-0.15, -0.1) is 0 Å². The van der Waals surface area contributed by atoms with E-state index in [4.69, 9.17) is 16.3 Å². The van der Waals surface area contributed by atoms with E-state index in [1.165, 1.54) is 18.4 Å². The van der Waals surface area contributed by atoms with Gasteiger partial charge in [-0.25, -0.2) is 0 Å². The zero-order valence-corrected chi connectivity index (χ0v) is 15.4. The van der Waals surface area contributed by atoms with Gasteiger partial charge in [0.25, 0.3) is 5.91 Å². The quantitative estimate of drug-likeness (QED) is 0.850. The number of hydrogen-bond acceptors (Lipinski definition) is 3. The summed E-state index contributed by atoms with van der Waals surface area (Å²) in [5.74, 6) is 0.490. The van der Waals surface area contributed by atoms with Crippen molar-refractivity contribution in [3.63, 3.8) is 0 Å². The Hall–Kier alpha value is -2.20. The third-order valence-corrected chi connectivity index (χ3v) is 4.83. The number of nitrogens with zero attached hydrogens (tertiary/aromatic N) is 1. The van der Waals surface area contributed by atoms with Crippen LogP contribution < -0.4 is 15.0 Å². The topological polar surface area (TPSA) is 41.6 Å². The van der Waals surface area contributed by atoms with Gasteiger partial charge in [-0.1, -0.05) is 17.7 Å². The zero-order valence-electron chi connectivity index (χ0n) is 14.6. The van der Waals surface area contributed by atoms with Crippen LogP contribution in [0.15, 0.2) is 36.4 Å². The molecule has 0 atom stereocenters. The zero-order chi connectivity index (χ0) is 17.8. The summed E-state index contributed by atoms with van der Waals surface area (Å²) < 4.78 is 5.56. The number of amides is 1. The minimum Gasteiger partial charge on any atom is -0.484 e. The van der Waals surface area contributed by atoms with Gasteiger partial charge in [0.05, 0.1) is 10.7 Å². The molecule has 1 saturated heterocycles. The van der Waals surface area contributed by atoms with Crippen molar-refractivity contribution in [2.24, 2.45) is 0 Å². The van der Waals surface area contributed by atoms with Crippen molar-refractivity contribution in [1.29, 1.82) is 0 Å². The van der Waals surface area contributed by atoms with Crippen molar-refractivity contribution in [3.8, 4) is 5.75 Å². The van der Waals surface area contributed by atoms with Gasteiger partial charge in [-0.3, -0.25) is 4.79 Å². The molecule has 25 heavy (non-hydrogen) atoms. The molecule has 0 radical (unpaired) electrons. The second kappa shape index (κ2) is 7.79. The lowest BCUT2D eigenvalue weighted by Gasteiger charge is -2.19. The first-order valence-corrected chi connectivity index (χ1v) is 8.95. The number of benzene rings is 2. The highest BCUT2D eigenvalue weighted by Crippen LogP contribution is 2.31. The summed E-state index contributed by atoms with van der Waals surface area (Å²) in [4.78, 5) is 14.4. The lowest BCUT2D eigenvalue weighted by Crippen LogP contribution is -2.21. The number of aryl methyl sites for hydroxylation is 2. The van der Waals surface area contributed by atoms with Crippen LogP contribution in [-0.4, -0.2) is 25.6 Å². The molecule has 1 aliphatic heterocycles. The molecule has 0 aromatic heterocycles. The average molecular weight is 359 g/mol. The Morgan fingerprint density at radius 3 is 2.56 bits per heavy atom. The van der Waals surface area contributed by atoms with Gasteiger partial charge in [0.15, 0.2) is 6.61 Å². The number of anilines is 2. The minimum absolute atomic E-state index is 0.0337. The number of carbonyl (C=O) groups excluding carboxylic acids is 1. The Bertz CT molecular complexity index is 770. The maximum Gasteiger partial charge on any atom is 0.262 e. The third-order valence-electron chi connectivity index (χ3n) is 4.53. The molecule has 1 aliphatic rings. The number of halogens is 1. The first kappa shape index (κ1) is 17.6. The van der Waals surface area contributed by atoms with Crippen LogP contribution in [0.5, 0.6) is 5.75 Å². The highest BCUT2D eigenvalue weighted by atomic mass is 35.5. The van der Waals surface area contributed by atoms with Gasteiger partial charge in [0, 0.05) is 18.8 Å². The monoisotopic (exact) mass is 358 g/mol. The van der Waals surface area contributed by atoms with Crippen molar-refractivity contribution in [2.75, 3.05) is 29.9 Å². The molecule has 0 saturated carbocycles. The minimum atomic E-state index is -0.205. The summed E-state index contributed by atoms with van der Waals surface area (Å²) in [5, 5.41) is 3.49. The number of ether oxygens (including phenoxy) is 1. The SMILES string of the molecule is Cc1ccc(OCC(=O)Nc2ccc(N3CCCC3)c(Cl)c2)cc1C. The van der Waals surface area contributed by atoms with Crippen LogP contribution in [0.25, 0.3) is 0 Å². The standard InChI is InChI=1S/C20H23ClN2O2/c1-14-5-7-17(11-15(14)2)25-13-20(24)22-16-6-8-19(18(21)12-16)23-9-3-4-10-23/h5-8,11-12H,3-4,9-10,13H2,1-2H3,(H,22,24). The maximum absolute atomic E-state index is 12.1. The third kappa shape index (κ3) is 4.45. The summed E-state index contributed by atoms with van der Waals surface area (Å²) in [6.45, 7) is 6.10. The predicted octanol–water partition coefficient (Wildman–Crippen LogP) is 4.57. The number of carbonyl (C=O) groups is 1. The van der Waals surface area contributed by atoms with Gasteiger partial charge >= 0.3 is 0 Å². The molecule has 1 amide bonds. The lowest BCUT2D eigenvalue weighted by atomic mass is 10.1. The number of hydrogen-bond donors (Lipinski definition) is 1. The largest absolute Gasteiger partial charge is 0.484 e. The molecule has 0 unspecified atom stereocenters. The van der Waals surface area contributed by atoms with Gasteiger partial charge in [-0.05, 0) is 68.1 Å². The van der Waals surface area contributed by atoms with Crippen LogP contribution in [0.3, 0.4) is 0 Å². The molecule has 0 bridgehead atoms. The molecule has 2 aromatic rings. The van der Waals surface area contributed by atoms with Crippen LogP contribution in [0.2, 0.25) is 5.02 Å². The fourth-order valence-corrected chi connectivity index (χ4v) is 3.25. The molecule has 0 aliphatic carbocycles. The van der Waals surface area contributed by atoms with Gasteiger partial charge in [0.1, 0.15) is 5.75 Å². The molecular weight excluding hydrogens is 336 g/mol. The van der Waals surface area contributed by atoms with E-state index < -0.39 is 0 Å². The van der Waals surface area contributed by atoms with Crippen LogP contribution >= 0.6 is 11.6 Å². The fraction of sp³-hybridized carbons (Fsp3) is 0.350. The summed E-state index contributed by atoms with van der Waals surface area (Å²) in [5.41, 5.74) is 4.05. The van der Waals surface area contributed by atoms with Crippen molar-refractivity contribution in [3.05, 3.63) is 52.5 Å². The van der Waals surface area contributed by atoms with E-state index >= 15 is 0 Å². The van der Waals surface area contributed by atoms with Crippen LogP contribution in [-0.2, 0) is 4.79 Å². The normalized spacial score (nSPS) is 13.8. The Morgan fingerprint density at radius 1 is 1.12 bits per heavy atom. The van der Waals surface area contributed by atoms with Crippen LogP contribution in [0.4, 0.5) is 11.4 Å². The van der Waals surface area contributed by atoms with E-state index in [1.807, 2.05) is 44.2 Å². The smallest absolute Gasteiger partial charge is 0.262 e. The molecule has 5 heteroatoms. The van der Waals surface area contributed by atoms with E-state index in [9.17, 15) is 4.79 Å². The van der Waals surface area contributed by atoms with E-state index in [0.29, 0.717) is 16.5 Å². The van der Waals surface area contributed by atoms with Crippen molar-refractivity contribution >= 4 is 28.9 Å². The lowest BCUT2D eigenvalue weighted by molar-refractivity contribution is -0.118. The van der Waals surface area contributed by atoms with Crippen molar-refractivity contribution in [2.45, 2.75) is 26.7 Å². The second-order valence-corrected chi connectivity index (χ2v) is 6.85. The Kier molecular flexibility index (Phi) is 5.49. The van der Waals surface area contributed by atoms with E-state index in [0.717, 1.165) is 24.3 Å². The van der Waals surface area contributed by atoms with Crippen LogP contribution in [0, 0.1) is 13.8 Å². The summed E-state index contributed by atoms with van der Waals surface area (Å²) >= 11 is 6.37. The van der Waals surface area contributed by atoms with Gasteiger partial charge in [0.2, 0.25) is 0 Å². The Labute approximate surface area is 153 Å². The second-order valence-electron chi connectivity index (χ2n) is 6.44. The predicted molar refractivity (Wildman–Crippen MR) is 103 cm³/mol. The number of rotatable bonds is 5. The van der Waals surface area contributed by atoms with Crippen molar-refractivity contribution in [1.82, 2.24) is 0 Å². The molecular formula is C20H23ClN2O2. The first-order valence-electron chi connectivity index (χ1n) is 8.57. The molecule has 132 valence electrons. The highest BCUT2D eigenvalue weighted by molar-refractivity contribution is 6.33. The molecule has 1 heterocycles. The van der Waals surface area contributed by atoms with E-state index in [2.05, 4.69) is 10.2 Å². The highest BCUT2D eigenvalue weighted by Gasteiger charge is 2.15. The Morgan fingerprint density at radius 2 is 1.88 bits per heavy atom. The first-order chi connectivity index (χ1) is 12.0. The molecule has 1 fully saturated rings. The summed E-state index contributed by atoms with van der Waals surface area (Å²) in [6.07, 6.45) is 2.40. The Balaban J connectivity index is 1.57. The summed E-state index contributed by atoms with van der Waals surface area (Å²) in [7, 11) is 0. The molecule has 2 aromatic carbocycles. The molecule has 0 spiro atoms. The molecule has 1 N–H and O–H groups in total. The van der Waals surface area contributed by atoms with Crippen LogP contribution in [0.1, 0.15) is 24.0 Å². The fourth-order valence-electron chi connectivity index (χ4n) is 2.95. The number of nitrogens with one attached hydrogen (secondary N) is 1.